The molecule has 2 aromatic rings. The quantitative estimate of drug-likeness (QED) is 0.634. The Bertz CT molecular complexity index is 655. The van der Waals surface area contributed by atoms with Crippen LogP contribution in [0.25, 0.3) is 0 Å². The average Bonchev–Trinajstić information content (AvgIpc) is 2.48. The molecule has 0 saturated heterocycles. The van der Waals surface area contributed by atoms with Gasteiger partial charge in [-0.1, -0.05) is 15.9 Å². The molecule has 5 heteroatoms. The van der Waals surface area contributed by atoms with Gasteiger partial charge < -0.3 is 4.90 Å². The van der Waals surface area contributed by atoms with Gasteiger partial charge in [0.15, 0.2) is 5.78 Å². The third-order valence-corrected chi connectivity index (χ3v) is 3.36. The average molecular weight is 336 g/mol. The summed E-state index contributed by atoms with van der Waals surface area (Å²) >= 11 is 3.21. The van der Waals surface area contributed by atoms with Crippen LogP contribution in [0.3, 0.4) is 0 Å². The summed E-state index contributed by atoms with van der Waals surface area (Å²) in [7, 11) is 1.61. The topological polar surface area (TPSA) is 37.4 Å². The molecule has 0 bridgehead atoms. The summed E-state index contributed by atoms with van der Waals surface area (Å²) in [6, 6.07) is 10.6. The van der Waals surface area contributed by atoms with Gasteiger partial charge in [-0.15, -0.1) is 0 Å². The molecule has 0 aliphatic carbocycles. The zero-order valence-electron chi connectivity index (χ0n) is 10.6. The van der Waals surface area contributed by atoms with Crippen LogP contribution in [0.1, 0.15) is 15.9 Å². The van der Waals surface area contributed by atoms with Crippen LogP contribution in [0.2, 0.25) is 0 Å². The Morgan fingerprint density at radius 2 is 1.85 bits per heavy atom. The zero-order chi connectivity index (χ0) is 14.7. The first-order valence-corrected chi connectivity index (χ1v) is 6.60. The fourth-order valence-electron chi connectivity index (χ4n) is 1.74. The number of rotatable bonds is 4. The van der Waals surface area contributed by atoms with E-state index < -0.39 is 11.6 Å². The van der Waals surface area contributed by atoms with Gasteiger partial charge in [-0.3, -0.25) is 9.59 Å². The van der Waals surface area contributed by atoms with Gasteiger partial charge in [0.25, 0.3) is 0 Å². The monoisotopic (exact) mass is 335 g/mol. The minimum Gasteiger partial charge on any atom is -0.318 e. The van der Waals surface area contributed by atoms with E-state index in [1.165, 1.54) is 23.1 Å². The van der Waals surface area contributed by atoms with Gasteiger partial charge in [-0.05, 0) is 42.5 Å². The molecule has 0 atom stereocenters. The fourth-order valence-corrected chi connectivity index (χ4v) is 2.10. The summed E-state index contributed by atoms with van der Waals surface area (Å²) in [5.41, 5.74) is 1.03. The van der Waals surface area contributed by atoms with Gasteiger partial charge in [0.1, 0.15) is 5.82 Å². The maximum Gasteiger partial charge on any atom is 0.213 e. The van der Waals surface area contributed by atoms with Crippen molar-refractivity contribution in [3.63, 3.8) is 0 Å². The van der Waals surface area contributed by atoms with E-state index in [-0.39, 0.29) is 5.56 Å². The predicted molar refractivity (Wildman–Crippen MR) is 78.4 cm³/mol. The van der Waals surface area contributed by atoms with Crippen LogP contribution >= 0.6 is 15.9 Å². The second kappa shape index (κ2) is 5.96. The Kier molecular flexibility index (Phi) is 4.29. The lowest BCUT2D eigenvalue weighted by atomic mass is 10.0. The lowest BCUT2D eigenvalue weighted by Gasteiger charge is -2.11. The van der Waals surface area contributed by atoms with Gasteiger partial charge >= 0.3 is 0 Å². The first kappa shape index (κ1) is 14.4. The number of amides is 1. The van der Waals surface area contributed by atoms with Crippen LogP contribution in [-0.4, -0.2) is 19.2 Å². The Morgan fingerprint density at radius 3 is 2.45 bits per heavy atom. The van der Waals surface area contributed by atoms with E-state index in [0.29, 0.717) is 22.1 Å². The predicted octanol–water partition coefficient (Wildman–Crippen LogP) is 3.41. The van der Waals surface area contributed by atoms with Crippen molar-refractivity contribution in [2.45, 2.75) is 0 Å². The molecular weight excluding hydrogens is 325 g/mol. The van der Waals surface area contributed by atoms with Gasteiger partial charge in [0.05, 0.1) is 5.56 Å². The number of ketones is 1. The lowest BCUT2D eigenvalue weighted by Crippen LogP contribution is -2.13. The highest BCUT2D eigenvalue weighted by molar-refractivity contribution is 9.10. The third-order valence-electron chi connectivity index (χ3n) is 2.87. The van der Waals surface area contributed by atoms with Gasteiger partial charge in [-0.2, -0.15) is 0 Å². The number of hydrogen-bond donors (Lipinski definition) is 0. The second-order valence-electron chi connectivity index (χ2n) is 4.22. The molecule has 0 saturated carbocycles. The summed E-state index contributed by atoms with van der Waals surface area (Å²) < 4.78 is 14.3. The summed E-state index contributed by atoms with van der Waals surface area (Å²) in [5.74, 6) is -0.962. The molecule has 0 aliphatic rings. The van der Waals surface area contributed by atoms with Crippen LogP contribution in [0, 0.1) is 5.82 Å². The molecule has 102 valence electrons. The molecule has 0 radical (unpaired) electrons. The van der Waals surface area contributed by atoms with Crippen molar-refractivity contribution in [2.75, 3.05) is 11.9 Å². The van der Waals surface area contributed by atoms with Gasteiger partial charge in [0.2, 0.25) is 6.41 Å². The Morgan fingerprint density at radius 1 is 1.20 bits per heavy atom. The molecule has 0 aromatic heterocycles. The van der Waals surface area contributed by atoms with Crippen LogP contribution in [0.15, 0.2) is 46.9 Å². The van der Waals surface area contributed by atoms with Gasteiger partial charge in [-0.25, -0.2) is 4.39 Å². The number of halogens is 2. The molecule has 0 heterocycles. The second-order valence-corrected chi connectivity index (χ2v) is 5.13. The standard InChI is InChI=1S/C15H11BrFNO2/c1-18(9-19)12-5-2-10(3-6-12)15(20)13-8-11(16)4-7-14(13)17/h2-9H,1H3. The van der Waals surface area contributed by atoms with Crippen molar-refractivity contribution in [1.29, 1.82) is 0 Å². The summed E-state index contributed by atoms with van der Waals surface area (Å²) in [6.45, 7) is 0. The molecule has 3 nitrogen and oxygen atoms in total. The number of anilines is 1. The maximum absolute atomic E-state index is 13.7. The van der Waals surface area contributed by atoms with E-state index >= 15 is 0 Å². The van der Waals surface area contributed by atoms with Gasteiger partial charge in [0, 0.05) is 22.8 Å². The van der Waals surface area contributed by atoms with E-state index in [2.05, 4.69) is 15.9 Å². The number of benzene rings is 2. The number of hydrogen-bond acceptors (Lipinski definition) is 2. The summed E-state index contributed by atoms with van der Waals surface area (Å²) in [6.07, 6.45) is 0.671. The normalized spacial score (nSPS) is 10.2. The summed E-state index contributed by atoms with van der Waals surface area (Å²) in [5, 5.41) is 0. The molecule has 2 aromatic carbocycles. The number of nitrogens with zero attached hydrogens (tertiary/aromatic N) is 1. The number of carbonyl (C=O) groups excluding carboxylic acids is 2. The van der Waals surface area contributed by atoms with E-state index in [9.17, 15) is 14.0 Å². The van der Waals surface area contributed by atoms with Crippen molar-refractivity contribution >= 4 is 33.8 Å². The smallest absolute Gasteiger partial charge is 0.213 e. The Balaban J connectivity index is 2.34. The minimum atomic E-state index is -0.563. The van der Waals surface area contributed by atoms with Crippen molar-refractivity contribution in [3.8, 4) is 0 Å². The van der Waals surface area contributed by atoms with E-state index in [4.69, 9.17) is 0 Å². The first-order chi connectivity index (χ1) is 9.52. The highest BCUT2D eigenvalue weighted by Crippen LogP contribution is 2.20. The largest absolute Gasteiger partial charge is 0.318 e. The van der Waals surface area contributed by atoms with E-state index in [0.717, 1.165) is 0 Å². The lowest BCUT2D eigenvalue weighted by molar-refractivity contribution is -0.107. The van der Waals surface area contributed by atoms with Crippen LogP contribution < -0.4 is 4.90 Å². The van der Waals surface area contributed by atoms with Crippen molar-refractivity contribution < 1.29 is 14.0 Å². The Hall–Kier alpha value is -2.01. The fraction of sp³-hybridized carbons (Fsp3) is 0.0667. The van der Waals surface area contributed by atoms with E-state index in [1.54, 1.807) is 31.3 Å². The maximum atomic E-state index is 13.7. The molecule has 2 rings (SSSR count). The highest BCUT2D eigenvalue weighted by Gasteiger charge is 2.14. The van der Waals surface area contributed by atoms with Crippen LogP contribution in [0.4, 0.5) is 10.1 Å². The number of carbonyl (C=O) groups is 2. The zero-order valence-corrected chi connectivity index (χ0v) is 12.2. The molecule has 1 amide bonds. The van der Waals surface area contributed by atoms with Crippen molar-refractivity contribution in [2.24, 2.45) is 0 Å². The SMILES string of the molecule is CN(C=O)c1ccc(C(=O)c2cc(Br)ccc2F)cc1. The molecule has 0 unspecified atom stereocenters. The molecule has 0 N–H and O–H groups in total. The molecule has 20 heavy (non-hydrogen) atoms. The van der Waals surface area contributed by atoms with Crippen LogP contribution in [0.5, 0.6) is 0 Å². The van der Waals surface area contributed by atoms with Crippen LogP contribution in [-0.2, 0) is 4.79 Å². The molecular formula is C15H11BrFNO2. The first-order valence-electron chi connectivity index (χ1n) is 5.81. The Labute approximate surface area is 124 Å². The molecule has 0 spiro atoms. The van der Waals surface area contributed by atoms with Crippen molar-refractivity contribution in [1.82, 2.24) is 0 Å². The van der Waals surface area contributed by atoms with E-state index in [1.807, 2.05) is 0 Å². The summed E-state index contributed by atoms with van der Waals surface area (Å²) in [4.78, 5) is 24.2. The van der Waals surface area contributed by atoms with Crippen molar-refractivity contribution in [3.05, 3.63) is 63.9 Å². The molecule has 0 aliphatic heterocycles. The minimum absolute atomic E-state index is 0.0101. The molecule has 0 fully saturated rings. The third kappa shape index (κ3) is 2.93. The highest BCUT2D eigenvalue weighted by atomic mass is 79.9.